The topological polar surface area (TPSA) is 43.4 Å². The molecule has 7 aliphatic heterocycles. The molecule has 0 spiro atoms. The third-order valence-electron chi connectivity index (χ3n) is 11.8. The van der Waals surface area contributed by atoms with Crippen molar-refractivity contribution >= 4 is 32.2 Å². The van der Waals surface area contributed by atoms with Crippen LogP contribution in [0, 0.1) is 0 Å². The molecule has 0 saturated carbocycles. The van der Waals surface area contributed by atoms with E-state index < -0.39 is 8.67 Å². The summed E-state index contributed by atoms with van der Waals surface area (Å²) in [6.07, 6.45) is 26.1. The van der Waals surface area contributed by atoms with Crippen molar-refractivity contribution in [3.8, 4) is 0 Å². The van der Waals surface area contributed by atoms with E-state index in [1.165, 1.54) is 95.2 Å². The zero-order valence-electron chi connectivity index (χ0n) is 25.1. The van der Waals surface area contributed by atoms with Gasteiger partial charge in [-0.05, 0) is 94.3 Å². The van der Waals surface area contributed by atoms with Crippen LogP contribution in [0.1, 0.15) is 89.9 Å². The van der Waals surface area contributed by atoms with Gasteiger partial charge in [0.05, 0.1) is 31.8 Å². The SMILES string of the molecule is C1=COC(S(C2CCCCO2)(C2CCCCS2)(C2CCCS2)(N2CCCCC2)N2CCOCC2C2CC=CO2)CC1. The molecule has 7 heterocycles. The average Bonchev–Trinajstić information content (AvgIpc) is 3.81. The molecule has 7 aliphatic rings. The molecule has 0 aliphatic carbocycles. The smallest absolute Gasteiger partial charge is 0.140 e. The van der Waals surface area contributed by atoms with E-state index in [0.29, 0.717) is 9.16 Å². The Labute approximate surface area is 256 Å². The van der Waals surface area contributed by atoms with Gasteiger partial charge in [-0.3, -0.25) is 8.61 Å². The molecule has 6 nitrogen and oxygen atoms in total. The van der Waals surface area contributed by atoms with Crippen LogP contribution in [0.3, 0.4) is 0 Å². The van der Waals surface area contributed by atoms with E-state index in [2.05, 4.69) is 50.5 Å². The van der Waals surface area contributed by atoms with Crippen LogP contribution in [0.25, 0.3) is 0 Å². The Balaban J connectivity index is 1.61. The quantitative estimate of drug-likeness (QED) is 0.289. The first-order chi connectivity index (χ1) is 20.3. The standard InChI is InChI=1S/C32H54N2O4S3/c1-5-17-33(18-6-1)41(32-16-11-25-40-32,29-13-2-7-20-37-29,30-14-3-8-21-38-30,31-15-4-9-24-39-31)34-19-23-35-26-27(34)28-12-10-22-36-28/h7,10,20,22,27-32H,1-6,8-9,11-19,21,23-26H2. The van der Waals surface area contributed by atoms with E-state index in [1.54, 1.807) is 0 Å². The van der Waals surface area contributed by atoms with E-state index in [-0.39, 0.29) is 23.0 Å². The van der Waals surface area contributed by atoms with Crippen molar-refractivity contribution < 1.29 is 18.9 Å². The predicted octanol–water partition coefficient (Wildman–Crippen LogP) is 7.45. The Morgan fingerprint density at radius 1 is 0.683 bits per heavy atom. The zero-order valence-corrected chi connectivity index (χ0v) is 27.5. The average molecular weight is 627 g/mol. The minimum atomic E-state index is -3.74. The molecule has 0 bridgehead atoms. The van der Waals surface area contributed by atoms with Crippen LogP contribution < -0.4 is 0 Å². The summed E-state index contributed by atoms with van der Waals surface area (Å²) in [6.45, 7) is 5.80. The van der Waals surface area contributed by atoms with E-state index in [4.69, 9.17) is 18.9 Å². The van der Waals surface area contributed by atoms with Crippen LogP contribution in [-0.4, -0.2) is 91.8 Å². The van der Waals surface area contributed by atoms with Gasteiger partial charge in [-0.1, -0.05) is 12.8 Å². The summed E-state index contributed by atoms with van der Waals surface area (Å²) in [5.74, 6) is 2.53. The first kappa shape index (κ1) is 29.7. The first-order valence-corrected chi connectivity index (χ1v) is 21.6. The summed E-state index contributed by atoms with van der Waals surface area (Å²) in [6, 6.07) is 0.214. The van der Waals surface area contributed by atoms with Crippen LogP contribution in [0.5, 0.6) is 0 Å². The normalized spacial score (nSPS) is 39.5. The number of thioether (sulfide) groups is 2. The van der Waals surface area contributed by atoms with Crippen LogP contribution in [0.15, 0.2) is 24.7 Å². The van der Waals surface area contributed by atoms with Crippen molar-refractivity contribution in [2.24, 2.45) is 0 Å². The Kier molecular flexibility index (Phi) is 8.72. The highest BCUT2D eigenvalue weighted by Crippen LogP contribution is 3.07. The summed E-state index contributed by atoms with van der Waals surface area (Å²) in [5.41, 5.74) is 0.363. The van der Waals surface area contributed by atoms with Gasteiger partial charge in [0.25, 0.3) is 0 Å². The van der Waals surface area contributed by atoms with Gasteiger partial charge >= 0.3 is 0 Å². The summed E-state index contributed by atoms with van der Waals surface area (Å²) >= 11 is 4.68. The molecular weight excluding hydrogens is 573 g/mol. The molecule has 6 unspecified atom stereocenters. The molecular formula is C32H54N2O4S3. The first-order valence-electron chi connectivity index (χ1n) is 16.9. The number of piperidine rings is 1. The van der Waals surface area contributed by atoms with Crippen LogP contribution in [0.4, 0.5) is 0 Å². The van der Waals surface area contributed by atoms with Gasteiger partial charge in [0.15, 0.2) is 0 Å². The number of allylic oxidation sites excluding steroid dienone is 1. The van der Waals surface area contributed by atoms with E-state index >= 15 is 0 Å². The molecule has 6 atom stereocenters. The zero-order chi connectivity index (χ0) is 27.7. The molecule has 0 aromatic heterocycles. The molecule has 41 heavy (non-hydrogen) atoms. The minimum Gasteiger partial charge on any atom is -0.496 e. The second-order valence-electron chi connectivity index (χ2n) is 13.3. The molecule has 0 aromatic rings. The summed E-state index contributed by atoms with van der Waals surface area (Å²) < 4.78 is 35.4. The maximum absolute atomic E-state index is 7.53. The highest BCUT2D eigenvalue weighted by atomic mass is 32.4. The fraction of sp³-hybridized carbons (Fsp3) is 0.875. The Bertz CT molecular complexity index is 913. The number of rotatable bonds is 7. The fourth-order valence-corrected chi connectivity index (χ4v) is 31.2. The predicted molar refractivity (Wildman–Crippen MR) is 175 cm³/mol. The van der Waals surface area contributed by atoms with Gasteiger partial charge in [-0.2, -0.15) is 0 Å². The number of ether oxygens (including phenoxy) is 4. The number of hydrogen-bond donors (Lipinski definition) is 0. The van der Waals surface area contributed by atoms with Gasteiger partial charge < -0.3 is 18.9 Å². The van der Waals surface area contributed by atoms with Crippen molar-refractivity contribution in [1.82, 2.24) is 8.61 Å². The summed E-state index contributed by atoms with van der Waals surface area (Å²) in [7, 11) is -3.74. The van der Waals surface area contributed by atoms with Gasteiger partial charge in [-0.15, -0.1) is 32.2 Å². The number of hydrogen-bond acceptors (Lipinski definition) is 8. The van der Waals surface area contributed by atoms with E-state index in [1.807, 2.05) is 6.26 Å². The molecule has 0 aromatic carbocycles. The van der Waals surface area contributed by atoms with Crippen molar-refractivity contribution in [2.75, 3.05) is 51.0 Å². The van der Waals surface area contributed by atoms with Crippen LogP contribution in [-0.2, 0) is 18.9 Å². The summed E-state index contributed by atoms with van der Waals surface area (Å²) in [5, 5.41) is 0. The van der Waals surface area contributed by atoms with Gasteiger partial charge in [0.1, 0.15) is 17.0 Å². The van der Waals surface area contributed by atoms with Crippen LogP contribution >= 0.6 is 32.2 Å². The Morgan fingerprint density at radius 2 is 1.49 bits per heavy atom. The lowest BCUT2D eigenvalue weighted by atomic mass is 10.1. The number of morpholine rings is 1. The molecule has 0 N–H and O–H groups in total. The molecule has 7 rings (SSSR count). The molecule has 9 heteroatoms. The minimum absolute atomic E-state index is 0.137. The third-order valence-corrected chi connectivity index (χ3v) is 28.1. The molecule has 0 amide bonds. The third kappa shape index (κ3) is 3.94. The summed E-state index contributed by atoms with van der Waals surface area (Å²) in [4.78, 5) is 0. The van der Waals surface area contributed by atoms with Crippen molar-refractivity contribution in [2.45, 2.75) is 122 Å². The monoisotopic (exact) mass is 626 g/mol. The lowest BCUT2D eigenvalue weighted by Gasteiger charge is -2.97. The van der Waals surface area contributed by atoms with E-state index in [0.717, 1.165) is 45.6 Å². The Hall–Kier alpha value is -0.0300. The fourth-order valence-electron chi connectivity index (χ4n) is 10.4. The van der Waals surface area contributed by atoms with Crippen molar-refractivity contribution in [3.05, 3.63) is 24.7 Å². The maximum atomic E-state index is 7.53. The van der Waals surface area contributed by atoms with Gasteiger partial charge in [0, 0.05) is 41.8 Å². The van der Waals surface area contributed by atoms with Gasteiger partial charge in [-0.25, -0.2) is 0 Å². The lowest BCUT2D eigenvalue weighted by molar-refractivity contribution is -0.0364. The largest absolute Gasteiger partial charge is 0.496 e. The van der Waals surface area contributed by atoms with Crippen molar-refractivity contribution in [3.63, 3.8) is 0 Å². The molecule has 5 fully saturated rings. The molecule has 0 radical (unpaired) electrons. The highest BCUT2D eigenvalue weighted by Gasteiger charge is 2.86. The number of nitrogens with zero attached hydrogens (tertiary/aromatic N) is 2. The second-order valence-corrected chi connectivity index (χ2v) is 23.2. The second kappa shape index (κ2) is 12.1. The van der Waals surface area contributed by atoms with Crippen LogP contribution in [0.2, 0.25) is 0 Å². The van der Waals surface area contributed by atoms with Gasteiger partial charge in [0.2, 0.25) is 0 Å². The highest BCUT2D eigenvalue weighted by molar-refractivity contribution is 8.68. The Morgan fingerprint density at radius 3 is 2.17 bits per heavy atom. The van der Waals surface area contributed by atoms with E-state index in [9.17, 15) is 0 Å². The molecule has 234 valence electrons. The molecule has 5 saturated heterocycles. The lowest BCUT2D eigenvalue weighted by Crippen LogP contribution is -2.83. The van der Waals surface area contributed by atoms with Crippen molar-refractivity contribution in [1.29, 1.82) is 0 Å². The maximum Gasteiger partial charge on any atom is 0.140 e.